The van der Waals surface area contributed by atoms with Crippen LogP contribution in [0.3, 0.4) is 0 Å². The predicted molar refractivity (Wildman–Crippen MR) is 107 cm³/mol. The van der Waals surface area contributed by atoms with Crippen LogP contribution < -0.4 is 10.6 Å². The normalized spacial score (nSPS) is 21.3. The first-order chi connectivity index (χ1) is 13.0. The Kier molecular flexibility index (Phi) is 9.81. The van der Waals surface area contributed by atoms with E-state index in [0.29, 0.717) is 24.9 Å². The lowest BCUT2D eigenvalue weighted by atomic mass is 9.98. The van der Waals surface area contributed by atoms with Gasteiger partial charge in [0.25, 0.3) is 0 Å². The number of hydrogen-bond acceptors (Lipinski definition) is 5. The number of ether oxygens (including phenoxy) is 2. The van der Waals surface area contributed by atoms with E-state index >= 15 is 0 Å². The lowest BCUT2D eigenvalue weighted by molar-refractivity contribution is 0.0203. The molecular formula is C18H36N4O4S. The quantitative estimate of drug-likeness (QED) is 0.333. The zero-order chi connectivity index (χ0) is 19.5. The summed E-state index contributed by atoms with van der Waals surface area (Å²) in [5.41, 5.74) is 0. The minimum atomic E-state index is -3.05. The highest BCUT2D eigenvalue weighted by atomic mass is 32.2. The van der Waals surface area contributed by atoms with E-state index in [1.54, 1.807) is 11.4 Å². The molecule has 2 fully saturated rings. The summed E-state index contributed by atoms with van der Waals surface area (Å²) >= 11 is 0. The van der Waals surface area contributed by atoms with Crippen LogP contribution in [0.15, 0.2) is 4.99 Å². The van der Waals surface area contributed by atoms with E-state index in [1.807, 2.05) is 0 Å². The summed E-state index contributed by atoms with van der Waals surface area (Å²) in [7, 11) is -1.29. The first kappa shape index (κ1) is 22.4. The van der Waals surface area contributed by atoms with E-state index in [9.17, 15) is 8.42 Å². The maximum atomic E-state index is 11.6. The monoisotopic (exact) mass is 404 g/mol. The van der Waals surface area contributed by atoms with Crippen molar-refractivity contribution >= 4 is 16.0 Å². The number of nitrogens with zero attached hydrogens (tertiary/aromatic N) is 2. The largest absolute Gasteiger partial charge is 0.381 e. The molecule has 0 bridgehead atoms. The van der Waals surface area contributed by atoms with Crippen LogP contribution in [-0.2, 0) is 19.5 Å². The molecule has 9 heteroatoms. The summed E-state index contributed by atoms with van der Waals surface area (Å²) in [4.78, 5) is 4.25. The first-order valence-corrected chi connectivity index (χ1v) is 11.9. The van der Waals surface area contributed by atoms with Crippen LogP contribution in [0.1, 0.15) is 32.1 Å². The third-order valence-corrected chi connectivity index (χ3v) is 6.58. The van der Waals surface area contributed by atoms with Gasteiger partial charge in [0.15, 0.2) is 5.96 Å². The van der Waals surface area contributed by atoms with Crippen LogP contribution >= 0.6 is 0 Å². The van der Waals surface area contributed by atoms with Crippen molar-refractivity contribution in [3.63, 3.8) is 0 Å². The van der Waals surface area contributed by atoms with E-state index in [-0.39, 0.29) is 0 Å². The van der Waals surface area contributed by atoms with Crippen LogP contribution in [0.25, 0.3) is 0 Å². The van der Waals surface area contributed by atoms with Gasteiger partial charge in [-0.1, -0.05) is 0 Å². The maximum absolute atomic E-state index is 11.6. The molecule has 0 aromatic carbocycles. The fourth-order valence-corrected chi connectivity index (χ4v) is 4.32. The van der Waals surface area contributed by atoms with Gasteiger partial charge in [-0.25, -0.2) is 12.7 Å². The second kappa shape index (κ2) is 11.8. The topological polar surface area (TPSA) is 92.3 Å². The van der Waals surface area contributed by atoms with Crippen molar-refractivity contribution in [1.82, 2.24) is 14.9 Å². The molecule has 2 aliphatic rings. The zero-order valence-corrected chi connectivity index (χ0v) is 17.6. The summed E-state index contributed by atoms with van der Waals surface area (Å²) in [6, 6.07) is 0. The Morgan fingerprint density at radius 2 is 1.85 bits per heavy atom. The third-order valence-electron chi connectivity index (χ3n) is 5.28. The summed E-state index contributed by atoms with van der Waals surface area (Å²) in [5.74, 6) is 1.92. The van der Waals surface area contributed by atoms with Gasteiger partial charge in [-0.15, -0.1) is 0 Å². The van der Waals surface area contributed by atoms with Crippen molar-refractivity contribution in [2.75, 3.05) is 65.9 Å². The Labute approximate surface area is 164 Å². The molecule has 0 saturated carbocycles. The van der Waals surface area contributed by atoms with Crippen molar-refractivity contribution in [1.29, 1.82) is 0 Å². The van der Waals surface area contributed by atoms with Gasteiger partial charge in [0.2, 0.25) is 10.0 Å². The number of aliphatic imine (C=N–C) groups is 1. The molecule has 2 rings (SSSR count). The lowest BCUT2D eigenvalue weighted by Gasteiger charge is -2.30. The Balaban J connectivity index is 1.50. The Hall–Kier alpha value is -0.900. The van der Waals surface area contributed by atoms with E-state index in [1.165, 1.54) is 6.26 Å². The molecule has 0 aromatic rings. The third kappa shape index (κ3) is 8.76. The number of piperidine rings is 1. The lowest BCUT2D eigenvalue weighted by Crippen LogP contribution is -2.44. The van der Waals surface area contributed by atoms with Crippen LogP contribution in [0.4, 0.5) is 0 Å². The van der Waals surface area contributed by atoms with Crippen LogP contribution in [0, 0.1) is 11.8 Å². The van der Waals surface area contributed by atoms with Gasteiger partial charge in [-0.05, 0) is 43.9 Å². The fraction of sp³-hybridized carbons (Fsp3) is 0.944. The van der Waals surface area contributed by atoms with Crippen molar-refractivity contribution in [2.24, 2.45) is 16.8 Å². The SMILES string of the molecule is CN=C(NCCCOCC1CCOCC1)NCC1CCN(S(C)(=O)=O)CC1. The number of rotatable bonds is 9. The van der Waals surface area contributed by atoms with Gasteiger partial charge in [0.05, 0.1) is 6.26 Å². The number of sulfonamides is 1. The van der Waals surface area contributed by atoms with Crippen LogP contribution in [-0.4, -0.2) is 84.6 Å². The Morgan fingerprint density at radius 3 is 2.48 bits per heavy atom. The van der Waals surface area contributed by atoms with Crippen molar-refractivity contribution in [3.8, 4) is 0 Å². The van der Waals surface area contributed by atoms with Gasteiger partial charge < -0.3 is 20.1 Å². The summed E-state index contributed by atoms with van der Waals surface area (Å²) in [5, 5.41) is 6.66. The fourth-order valence-electron chi connectivity index (χ4n) is 3.45. The molecule has 0 aliphatic carbocycles. The number of nitrogens with one attached hydrogen (secondary N) is 2. The molecule has 2 heterocycles. The number of guanidine groups is 1. The van der Waals surface area contributed by atoms with E-state index < -0.39 is 10.0 Å². The van der Waals surface area contributed by atoms with E-state index in [4.69, 9.17) is 9.47 Å². The van der Waals surface area contributed by atoms with E-state index in [2.05, 4.69) is 15.6 Å². The molecular weight excluding hydrogens is 368 g/mol. The highest BCUT2D eigenvalue weighted by Crippen LogP contribution is 2.18. The molecule has 0 aromatic heterocycles. The first-order valence-electron chi connectivity index (χ1n) is 10.0. The molecule has 0 spiro atoms. The predicted octanol–water partition coefficient (Wildman–Crippen LogP) is 0.656. The van der Waals surface area contributed by atoms with Gasteiger partial charge in [0, 0.05) is 59.7 Å². The molecule has 0 atom stereocenters. The van der Waals surface area contributed by atoms with Crippen molar-refractivity contribution in [2.45, 2.75) is 32.1 Å². The number of hydrogen-bond donors (Lipinski definition) is 2. The van der Waals surface area contributed by atoms with E-state index in [0.717, 1.165) is 77.6 Å². The molecule has 27 heavy (non-hydrogen) atoms. The average molecular weight is 405 g/mol. The van der Waals surface area contributed by atoms with Gasteiger partial charge >= 0.3 is 0 Å². The molecule has 0 unspecified atom stereocenters. The van der Waals surface area contributed by atoms with Crippen LogP contribution in [0.2, 0.25) is 0 Å². The second-order valence-corrected chi connectivity index (χ2v) is 9.45. The Morgan fingerprint density at radius 1 is 1.15 bits per heavy atom. The van der Waals surface area contributed by atoms with Gasteiger partial charge in [0.1, 0.15) is 0 Å². The second-order valence-electron chi connectivity index (χ2n) is 7.47. The maximum Gasteiger partial charge on any atom is 0.211 e. The van der Waals surface area contributed by atoms with Crippen LogP contribution in [0.5, 0.6) is 0 Å². The molecule has 2 N–H and O–H groups in total. The molecule has 2 aliphatic heterocycles. The average Bonchev–Trinajstić information content (AvgIpc) is 2.67. The summed E-state index contributed by atoms with van der Waals surface area (Å²) in [6.07, 6.45) is 6.21. The smallest absolute Gasteiger partial charge is 0.211 e. The molecule has 0 radical (unpaired) electrons. The minimum absolute atomic E-state index is 0.476. The molecule has 158 valence electrons. The van der Waals surface area contributed by atoms with Crippen molar-refractivity contribution in [3.05, 3.63) is 0 Å². The molecule has 8 nitrogen and oxygen atoms in total. The Bertz CT molecular complexity index is 542. The minimum Gasteiger partial charge on any atom is -0.381 e. The van der Waals surface area contributed by atoms with Gasteiger partial charge in [-0.3, -0.25) is 4.99 Å². The standard InChI is InChI=1S/C18H36N4O4S/c1-19-18(20-8-3-11-26-15-17-6-12-25-13-7-17)21-14-16-4-9-22(10-5-16)27(2,23)24/h16-17H,3-15H2,1-2H3,(H2,19,20,21). The van der Waals surface area contributed by atoms with Gasteiger partial charge in [-0.2, -0.15) is 0 Å². The van der Waals surface area contributed by atoms with Crippen molar-refractivity contribution < 1.29 is 17.9 Å². The zero-order valence-electron chi connectivity index (χ0n) is 16.8. The highest BCUT2D eigenvalue weighted by molar-refractivity contribution is 7.88. The summed E-state index contributed by atoms with van der Waals surface area (Å²) in [6.45, 7) is 6.18. The highest BCUT2D eigenvalue weighted by Gasteiger charge is 2.24. The molecule has 2 saturated heterocycles. The molecule has 0 amide bonds. The summed E-state index contributed by atoms with van der Waals surface area (Å²) < 4.78 is 35.8.